The molecule has 2 nitrogen and oxygen atoms in total. The molecule has 0 aliphatic carbocycles. The van der Waals surface area contributed by atoms with Crippen molar-refractivity contribution in [2.24, 2.45) is 0 Å². The van der Waals surface area contributed by atoms with E-state index in [9.17, 15) is 0 Å². The topological polar surface area (TPSA) is 17.2 Å². The van der Waals surface area contributed by atoms with Crippen molar-refractivity contribution in [1.82, 2.24) is 4.98 Å². The minimum Gasteiger partial charge on any atom is -0.247 e. The van der Waals surface area contributed by atoms with Crippen LogP contribution in [0.4, 0.5) is 5.69 Å². The normalized spacial score (nSPS) is 11.7. The second-order valence-corrected chi connectivity index (χ2v) is 14.1. The summed E-state index contributed by atoms with van der Waals surface area (Å²) >= 11 is 0. The predicted molar refractivity (Wildman–Crippen MR) is 229 cm³/mol. The zero-order valence-corrected chi connectivity index (χ0v) is 29.2. The highest BCUT2D eigenvalue weighted by Gasteiger charge is 2.21. The molecular weight excluding hydrogens is 653 g/mol. The molecule has 54 heavy (non-hydrogen) atoms. The van der Waals surface area contributed by atoms with Crippen LogP contribution in [0.5, 0.6) is 0 Å². The minimum absolute atomic E-state index is 0.618. The summed E-state index contributed by atoms with van der Waals surface area (Å²) in [5.41, 5.74) is 8.32. The number of aromatic nitrogens is 1. The SMILES string of the molecule is [C-]#[N+]c1ccc(-c2nc3cc(-c4c5ccccc5c(-c5cccc6ccccc56)c5ccccc45)ccc3c3c4ccccc4c4ccccc4c23)cc1. The van der Waals surface area contributed by atoms with Gasteiger partial charge in [0.05, 0.1) is 17.8 Å². The zero-order chi connectivity index (χ0) is 35.8. The zero-order valence-electron chi connectivity index (χ0n) is 29.2. The summed E-state index contributed by atoms with van der Waals surface area (Å²) in [6.07, 6.45) is 0. The fraction of sp³-hybridized carbons (Fsp3) is 0. The van der Waals surface area contributed by atoms with Crippen LogP contribution in [0, 0.1) is 6.57 Å². The Labute approximate surface area is 312 Å². The number of hydrogen-bond acceptors (Lipinski definition) is 1. The lowest BCUT2D eigenvalue weighted by Crippen LogP contribution is -1.94. The first kappa shape index (κ1) is 30.3. The van der Waals surface area contributed by atoms with Gasteiger partial charge in [-0.05, 0) is 87.7 Å². The summed E-state index contributed by atoms with van der Waals surface area (Å²) in [7, 11) is 0. The van der Waals surface area contributed by atoms with Crippen LogP contribution in [0.2, 0.25) is 0 Å². The average Bonchev–Trinajstić information content (AvgIpc) is 3.24. The van der Waals surface area contributed by atoms with Crippen molar-refractivity contribution in [1.29, 1.82) is 0 Å². The summed E-state index contributed by atoms with van der Waals surface area (Å²) in [6, 6.07) is 65.2. The first-order chi connectivity index (χ1) is 26.8. The van der Waals surface area contributed by atoms with Gasteiger partial charge in [0.15, 0.2) is 5.69 Å². The van der Waals surface area contributed by atoms with E-state index in [2.05, 4.69) is 163 Å². The molecule has 0 aliphatic rings. The Bertz CT molecular complexity index is 3320. The van der Waals surface area contributed by atoms with Crippen molar-refractivity contribution in [2.45, 2.75) is 0 Å². The maximum Gasteiger partial charge on any atom is 0.187 e. The molecule has 0 saturated heterocycles. The number of rotatable bonds is 3. The van der Waals surface area contributed by atoms with E-state index < -0.39 is 0 Å². The third-order valence-electron chi connectivity index (χ3n) is 11.2. The predicted octanol–water partition coefficient (Wildman–Crippen LogP) is 14.7. The molecule has 248 valence electrons. The molecule has 1 aromatic heterocycles. The maximum absolute atomic E-state index is 7.58. The highest BCUT2D eigenvalue weighted by Crippen LogP contribution is 2.47. The van der Waals surface area contributed by atoms with Crippen LogP contribution in [0.3, 0.4) is 0 Å². The first-order valence-electron chi connectivity index (χ1n) is 18.3. The third-order valence-corrected chi connectivity index (χ3v) is 11.2. The Balaban J connectivity index is 1.26. The summed E-state index contributed by atoms with van der Waals surface area (Å²) in [4.78, 5) is 9.23. The van der Waals surface area contributed by atoms with Gasteiger partial charge in [-0.2, -0.15) is 0 Å². The molecule has 0 radical (unpaired) electrons. The fourth-order valence-corrected chi connectivity index (χ4v) is 8.91. The Kier molecular flexibility index (Phi) is 6.65. The molecule has 0 fully saturated rings. The standard InChI is InChI=1S/C52H30N2/c1-53-35-28-25-33(26-29-35)52-51-41-19-7-5-17-38(41)37-16-4-6-18-40(37)50(51)46-30-27-34(31-47(46)54-52)48-42-20-8-10-22-44(42)49(45-23-11-9-21-43(45)48)39-24-12-14-32-13-2-3-15-36(32)39/h2-31H. The molecule has 0 unspecified atom stereocenters. The Morgan fingerprint density at radius 1 is 0.370 bits per heavy atom. The Morgan fingerprint density at radius 3 is 1.50 bits per heavy atom. The minimum atomic E-state index is 0.618. The molecule has 0 atom stereocenters. The average molecular weight is 683 g/mol. The lowest BCUT2D eigenvalue weighted by Gasteiger charge is -2.20. The molecule has 2 heteroatoms. The van der Waals surface area contributed by atoms with Gasteiger partial charge in [0.2, 0.25) is 0 Å². The van der Waals surface area contributed by atoms with Crippen LogP contribution >= 0.6 is 0 Å². The Hall–Kier alpha value is -7.34. The number of pyridine rings is 1. The van der Waals surface area contributed by atoms with Crippen LogP contribution in [-0.2, 0) is 0 Å². The van der Waals surface area contributed by atoms with E-state index in [1.165, 1.54) is 75.9 Å². The molecule has 0 N–H and O–H groups in total. The van der Waals surface area contributed by atoms with Crippen LogP contribution in [0.15, 0.2) is 182 Å². The van der Waals surface area contributed by atoms with Gasteiger partial charge in [0, 0.05) is 16.2 Å². The maximum atomic E-state index is 7.58. The highest BCUT2D eigenvalue weighted by atomic mass is 14.7. The van der Waals surface area contributed by atoms with E-state index in [0.29, 0.717) is 5.69 Å². The smallest absolute Gasteiger partial charge is 0.187 e. The van der Waals surface area contributed by atoms with E-state index in [0.717, 1.165) is 33.1 Å². The van der Waals surface area contributed by atoms with E-state index >= 15 is 0 Å². The van der Waals surface area contributed by atoms with Crippen LogP contribution in [0.25, 0.3) is 114 Å². The van der Waals surface area contributed by atoms with Crippen molar-refractivity contribution in [2.75, 3.05) is 0 Å². The van der Waals surface area contributed by atoms with Crippen molar-refractivity contribution >= 4 is 81.2 Å². The third kappa shape index (κ3) is 4.43. The second kappa shape index (κ2) is 11.9. The molecule has 0 aliphatic heterocycles. The molecule has 0 spiro atoms. The van der Waals surface area contributed by atoms with E-state index in [4.69, 9.17) is 11.6 Å². The number of nitrogens with zero attached hydrogens (tertiary/aromatic N) is 2. The fourth-order valence-electron chi connectivity index (χ4n) is 8.91. The molecule has 11 rings (SSSR count). The molecule has 0 amide bonds. The molecule has 0 saturated carbocycles. The lowest BCUT2D eigenvalue weighted by atomic mass is 9.84. The van der Waals surface area contributed by atoms with Gasteiger partial charge >= 0.3 is 0 Å². The monoisotopic (exact) mass is 682 g/mol. The number of benzene rings is 10. The summed E-state index contributed by atoms with van der Waals surface area (Å²) in [5, 5.41) is 15.7. The summed E-state index contributed by atoms with van der Waals surface area (Å²) in [5.74, 6) is 0. The van der Waals surface area contributed by atoms with Crippen LogP contribution in [0.1, 0.15) is 0 Å². The van der Waals surface area contributed by atoms with Gasteiger partial charge < -0.3 is 0 Å². The summed E-state index contributed by atoms with van der Waals surface area (Å²) in [6.45, 7) is 7.58. The summed E-state index contributed by atoms with van der Waals surface area (Å²) < 4.78 is 0. The number of fused-ring (bicyclic) bond motifs is 11. The van der Waals surface area contributed by atoms with E-state index in [1.807, 2.05) is 24.3 Å². The number of hydrogen-bond donors (Lipinski definition) is 0. The first-order valence-corrected chi connectivity index (χ1v) is 18.3. The van der Waals surface area contributed by atoms with Crippen LogP contribution < -0.4 is 0 Å². The van der Waals surface area contributed by atoms with Gasteiger partial charge in [-0.25, -0.2) is 9.83 Å². The van der Waals surface area contributed by atoms with Gasteiger partial charge in [0.1, 0.15) is 0 Å². The van der Waals surface area contributed by atoms with Gasteiger partial charge in [-0.3, -0.25) is 0 Å². The lowest BCUT2D eigenvalue weighted by molar-refractivity contribution is 1.43. The molecule has 10 aromatic carbocycles. The van der Waals surface area contributed by atoms with Gasteiger partial charge in [0.25, 0.3) is 0 Å². The quantitative estimate of drug-likeness (QED) is 0.103. The molecular formula is C52H30N2. The van der Waals surface area contributed by atoms with Crippen LogP contribution in [-0.4, -0.2) is 4.98 Å². The van der Waals surface area contributed by atoms with E-state index in [1.54, 1.807) is 0 Å². The van der Waals surface area contributed by atoms with Gasteiger partial charge in [-0.1, -0.05) is 176 Å². The Morgan fingerprint density at radius 2 is 0.870 bits per heavy atom. The second-order valence-electron chi connectivity index (χ2n) is 14.1. The van der Waals surface area contributed by atoms with Crippen molar-refractivity contribution in [3.63, 3.8) is 0 Å². The van der Waals surface area contributed by atoms with Gasteiger partial charge in [-0.15, -0.1) is 0 Å². The van der Waals surface area contributed by atoms with Crippen molar-refractivity contribution < 1.29 is 0 Å². The molecule has 1 heterocycles. The van der Waals surface area contributed by atoms with E-state index in [-0.39, 0.29) is 0 Å². The highest BCUT2D eigenvalue weighted by molar-refractivity contribution is 6.34. The largest absolute Gasteiger partial charge is 0.247 e. The molecule has 0 bridgehead atoms. The molecule has 11 aromatic rings. The van der Waals surface area contributed by atoms with Crippen molar-refractivity contribution in [3.05, 3.63) is 193 Å². The van der Waals surface area contributed by atoms with Crippen molar-refractivity contribution in [3.8, 4) is 33.5 Å².